The number of alkyl halides is 3. The van der Waals surface area contributed by atoms with Crippen molar-refractivity contribution in [2.45, 2.75) is 62.8 Å². The lowest BCUT2D eigenvalue weighted by Crippen LogP contribution is -2.58. The molecule has 0 radical (unpaired) electrons. The molecule has 3 fully saturated rings. The molecule has 0 aliphatic heterocycles. The van der Waals surface area contributed by atoms with Crippen LogP contribution in [-0.4, -0.2) is 64.6 Å². The summed E-state index contributed by atoms with van der Waals surface area (Å²) in [7, 11) is 0. The first-order valence-electron chi connectivity index (χ1n) is 13.6. The van der Waals surface area contributed by atoms with E-state index in [0.29, 0.717) is 16.8 Å². The average Bonchev–Trinajstić information content (AvgIpc) is 3.62. The van der Waals surface area contributed by atoms with E-state index >= 15 is 0 Å². The summed E-state index contributed by atoms with van der Waals surface area (Å²) < 4.78 is 54.8. The Morgan fingerprint density at radius 3 is 2.59 bits per heavy atom. The molecule has 2 amide bonds. The molecule has 10 nitrogen and oxygen atoms in total. The van der Waals surface area contributed by atoms with Gasteiger partial charge in [-0.15, -0.1) is 0 Å². The highest BCUT2D eigenvalue weighted by atomic mass is 19.4. The van der Waals surface area contributed by atoms with Crippen LogP contribution in [0.5, 0.6) is 11.6 Å². The average molecular weight is 574 g/mol. The normalized spacial score (nSPS) is 23.6. The van der Waals surface area contributed by atoms with Gasteiger partial charge in [0.25, 0.3) is 11.8 Å². The summed E-state index contributed by atoms with van der Waals surface area (Å²) in [5.74, 6) is 0.213. The minimum atomic E-state index is -4.38. The molecule has 0 saturated heterocycles. The summed E-state index contributed by atoms with van der Waals surface area (Å²) in [5, 5.41) is 7.57. The van der Waals surface area contributed by atoms with Crippen LogP contribution in [0.4, 0.5) is 13.2 Å². The van der Waals surface area contributed by atoms with E-state index in [1.165, 1.54) is 6.20 Å². The summed E-state index contributed by atoms with van der Waals surface area (Å²) in [5.41, 5.74) is 7.70. The van der Waals surface area contributed by atoms with Gasteiger partial charge in [-0.25, -0.2) is 9.50 Å². The molecule has 0 bridgehead atoms. The number of nitrogens with one attached hydrogen (secondary N) is 1. The molecule has 3 heterocycles. The minimum Gasteiger partial charge on any atom is -0.489 e. The molecule has 6 rings (SSSR count). The lowest BCUT2D eigenvalue weighted by atomic mass is 9.53. The fourth-order valence-electron chi connectivity index (χ4n) is 5.98. The van der Waals surface area contributed by atoms with Gasteiger partial charge in [-0.1, -0.05) is 0 Å². The van der Waals surface area contributed by atoms with E-state index in [-0.39, 0.29) is 54.0 Å². The second-order valence-electron chi connectivity index (χ2n) is 11.2. The zero-order valence-corrected chi connectivity index (χ0v) is 22.2. The predicted octanol–water partition coefficient (Wildman–Crippen LogP) is 3.78. The van der Waals surface area contributed by atoms with E-state index in [9.17, 15) is 22.8 Å². The van der Waals surface area contributed by atoms with Crippen molar-refractivity contribution in [1.82, 2.24) is 19.9 Å². The van der Waals surface area contributed by atoms with Crippen LogP contribution >= 0.6 is 0 Å². The summed E-state index contributed by atoms with van der Waals surface area (Å²) in [4.78, 5) is 28.9. The maximum absolute atomic E-state index is 13.2. The largest absolute Gasteiger partial charge is 0.489 e. The van der Waals surface area contributed by atoms with Gasteiger partial charge in [-0.2, -0.15) is 18.3 Å². The fraction of sp³-hybridized carbons (Fsp3) is 0.500. The van der Waals surface area contributed by atoms with Crippen LogP contribution < -0.4 is 20.5 Å². The predicted molar refractivity (Wildman–Crippen MR) is 139 cm³/mol. The number of pyridine rings is 2. The van der Waals surface area contributed by atoms with E-state index in [0.717, 1.165) is 44.2 Å². The molecule has 218 valence electrons. The maximum atomic E-state index is 13.2. The van der Waals surface area contributed by atoms with E-state index in [1.807, 2.05) is 0 Å². The molecule has 0 aromatic carbocycles. The number of primary amides is 1. The van der Waals surface area contributed by atoms with Gasteiger partial charge in [0, 0.05) is 18.2 Å². The Balaban J connectivity index is 1.03. The number of aromatic nitrogens is 3. The SMILES string of the molecule is NC(=O)c1cccnc1OC1CC2(CC(NC(=O)c3cnn4c(C5CC5)c(OCCOCC(F)(F)F)ccc34)C2)C1. The zero-order valence-electron chi connectivity index (χ0n) is 22.2. The number of halogens is 3. The molecule has 3 aliphatic carbocycles. The second kappa shape index (κ2) is 10.5. The quantitative estimate of drug-likeness (QED) is 0.334. The highest BCUT2D eigenvalue weighted by molar-refractivity contribution is 6.01. The highest BCUT2D eigenvalue weighted by Crippen LogP contribution is 2.57. The number of carbonyl (C=O) groups is 2. The number of rotatable bonds is 11. The maximum Gasteiger partial charge on any atom is 0.411 e. The number of amides is 2. The number of fused-ring (bicyclic) bond motifs is 1. The Morgan fingerprint density at radius 1 is 1.10 bits per heavy atom. The van der Waals surface area contributed by atoms with Gasteiger partial charge in [0.05, 0.1) is 29.6 Å². The number of carbonyl (C=O) groups excluding carboxylic acids is 2. The molecule has 3 N–H and O–H groups in total. The summed E-state index contributed by atoms with van der Waals surface area (Å²) in [6.07, 6.45) is 3.88. The van der Waals surface area contributed by atoms with Gasteiger partial charge < -0.3 is 25.3 Å². The van der Waals surface area contributed by atoms with Crippen molar-refractivity contribution in [3.63, 3.8) is 0 Å². The Bertz CT molecular complexity index is 1460. The van der Waals surface area contributed by atoms with Crippen molar-refractivity contribution in [2.75, 3.05) is 19.8 Å². The number of ether oxygens (including phenoxy) is 3. The lowest BCUT2D eigenvalue weighted by molar-refractivity contribution is -0.175. The molecular weight excluding hydrogens is 543 g/mol. The lowest BCUT2D eigenvalue weighted by Gasteiger charge is -2.57. The molecule has 41 heavy (non-hydrogen) atoms. The molecular formula is C28H30F3N5O5. The van der Waals surface area contributed by atoms with Crippen molar-refractivity contribution in [3.8, 4) is 11.6 Å². The highest BCUT2D eigenvalue weighted by Gasteiger charge is 2.54. The number of nitrogens with two attached hydrogens (primary N) is 1. The van der Waals surface area contributed by atoms with Crippen LogP contribution in [0.2, 0.25) is 0 Å². The van der Waals surface area contributed by atoms with Gasteiger partial charge in [-0.3, -0.25) is 9.59 Å². The number of hydrogen-bond acceptors (Lipinski definition) is 7. The van der Waals surface area contributed by atoms with Crippen molar-refractivity contribution in [3.05, 3.63) is 53.5 Å². The second-order valence-corrected chi connectivity index (χ2v) is 11.2. The minimum absolute atomic E-state index is 0.0284. The van der Waals surface area contributed by atoms with Gasteiger partial charge in [0.15, 0.2) is 0 Å². The molecule has 3 aliphatic rings. The molecule has 3 saturated carbocycles. The smallest absolute Gasteiger partial charge is 0.411 e. The third kappa shape index (κ3) is 5.81. The summed E-state index contributed by atoms with van der Waals surface area (Å²) >= 11 is 0. The summed E-state index contributed by atoms with van der Waals surface area (Å²) in [6.45, 7) is -1.54. The van der Waals surface area contributed by atoms with Crippen LogP contribution in [0.1, 0.15) is 70.9 Å². The Labute approximate surface area is 233 Å². The van der Waals surface area contributed by atoms with Crippen LogP contribution in [0.3, 0.4) is 0 Å². The molecule has 0 unspecified atom stereocenters. The fourth-order valence-corrected chi connectivity index (χ4v) is 5.98. The van der Waals surface area contributed by atoms with Crippen LogP contribution in [0.25, 0.3) is 5.52 Å². The van der Waals surface area contributed by atoms with Crippen LogP contribution in [0.15, 0.2) is 36.7 Å². The standard InChI is InChI=1S/C28H30F3N5O5/c29-28(30,31)15-39-8-9-40-22-6-5-21-20(14-34-36(21)23(22)16-3-4-16)25(38)35-17-10-27(11-17)12-18(13-27)41-26-19(24(32)37)2-1-7-33-26/h1-2,5-7,14,16-18H,3-4,8-13,15H2,(H2,32,37)(H,35,38). The summed E-state index contributed by atoms with van der Waals surface area (Å²) in [6, 6.07) is 6.75. The number of nitrogens with zero attached hydrogens (tertiary/aromatic N) is 3. The first-order chi connectivity index (χ1) is 19.6. The topological polar surface area (TPSA) is 130 Å². The van der Waals surface area contributed by atoms with Gasteiger partial charge in [0.2, 0.25) is 5.88 Å². The van der Waals surface area contributed by atoms with Crippen LogP contribution in [-0.2, 0) is 4.74 Å². The van der Waals surface area contributed by atoms with Crippen molar-refractivity contribution >= 4 is 17.3 Å². The Hall–Kier alpha value is -3.87. The molecule has 3 aromatic heterocycles. The number of hydrogen-bond donors (Lipinski definition) is 2. The molecule has 0 atom stereocenters. The molecule has 3 aromatic rings. The zero-order chi connectivity index (χ0) is 28.8. The first-order valence-corrected chi connectivity index (χ1v) is 13.6. The first kappa shape index (κ1) is 27.3. The van der Waals surface area contributed by atoms with E-state index in [1.54, 1.807) is 35.0 Å². The van der Waals surface area contributed by atoms with E-state index in [2.05, 4.69) is 20.1 Å². The monoisotopic (exact) mass is 573 g/mol. The van der Waals surface area contributed by atoms with E-state index < -0.39 is 18.7 Å². The van der Waals surface area contributed by atoms with Crippen molar-refractivity contribution in [2.24, 2.45) is 11.1 Å². The third-order valence-corrected chi connectivity index (χ3v) is 7.97. The molecule has 1 spiro atoms. The van der Waals surface area contributed by atoms with Gasteiger partial charge in [-0.05, 0) is 68.2 Å². The van der Waals surface area contributed by atoms with Crippen LogP contribution in [0, 0.1) is 5.41 Å². The Kier molecular flexibility index (Phi) is 7.00. The Morgan fingerprint density at radius 2 is 1.88 bits per heavy atom. The third-order valence-electron chi connectivity index (χ3n) is 7.97. The van der Waals surface area contributed by atoms with Crippen molar-refractivity contribution < 1.29 is 37.0 Å². The molecule has 13 heteroatoms. The van der Waals surface area contributed by atoms with Crippen molar-refractivity contribution in [1.29, 1.82) is 0 Å². The van der Waals surface area contributed by atoms with Gasteiger partial charge in [0.1, 0.15) is 30.6 Å². The van der Waals surface area contributed by atoms with Gasteiger partial charge >= 0.3 is 6.18 Å². The van der Waals surface area contributed by atoms with E-state index in [4.69, 9.17) is 15.2 Å².